The van der Waals surface area contributed by atoms with Gasteiger partial charge in [-0.3, -0.25) is 0 Å². The van der Waals surface area contributed by atoms with Gasteiger partial charge in [0, 0.05) is 24.7 Å². The molecule has 0 bridgehead atoms. The smallest absolute Gasteiger partial charge is 0.337 e. The van der Waals surface area contributed by atoms with Gasteiger partial charge in [0.2, 0.25) is 0 Å². The van der Waals surface area contributed by atoms with Crippen molar-refractivity contribution in [1.29, 1.82) is 0 Å². The van der Waals surface area contributed by atoms with Crippen LogP contribution in [0.2, 0.25) is 0 Å². The second kappa shape index (κ2) is 5.76. The first kappa shape index (κ1) is 15.1. The monoisotopic (exact) mass is 309 g/mol. The predicted octanol–water partition coefficient (Wildman–Crippen LogP) is 3.57. The molecule has 1 N–H and O–H groups in total. The molecule has 1 aliphatic rings. The maximum atomic E-state index is 12.6. The Hall–Kier alpha value is -1.82. The highest BCUT2D eigenvalue weighted by Gasteiger charge is 2.30. The van der Waals surface area contributed by atoms with E-state index in [0.717, 1.165) is 49.6 Å². The van der Waals surface area contributed by atoms with Gasteiger partial charge in [-0.1, -0.05) is 12.1 Å². The summed E-state index contributed by atoms with van der Waals surface area (Å²) in [6.45, 7) is 1.96. The van der Waals surface area contributed by atoms with Crippen LogP contribution in [0.4, 0.5) is 13.2 Å². The molecule has 6 heteroatoms. The Labute approximate surface area is 127 Å². The van der Waals surface area contributed by atoms with Gasteiger partial charge < -0.3 is 9.88 Å². The molecule has 22 heavy (non-hydrogen) atoms. The SMILES string of the molecule is Cn1cc(-c2ccc(C(F)(F)F)cc2)nc1C1CCNCC1. The first-order valence-electron chi connectivity index (χ1n) is 7.37. The fourth-order valence-electron chi connectivity index (χ4n) is 2.91. The Kier molecular flexibility index (Phi) is 3.95. The van der Waals surface area contributed by atoms with Gasteiger partial charge in [0.15, 0.2) is 0 Å². The number of nitrogens with zero attached hydrogens (tertiary/aromatic N) is 2. The lowest BCUT2D eigenvalue weighted by Crippen LogP contribution is -2.27. The van der Waals surface area contributed by atoms with Crippen LogP contribution in [-0.2, 0) is 13.2 Å². The number of nitrogens with one attached hydrogen (secondary N) is 1. The molecule has 3 rings (SSSR count). The Morgan fingerprint density at radius 3 is 2.36 bits per heavy atom. The molecule has 1 fully saturated rings. The third-order valence-corrected chi connectivity index (χ3v) is 4.12. The van der Waals surface area contributed by atoms with Crippen LogP contribution < -0.4 is 5.32 Å². The summed E-state index contributed by atoms with van der Waals surface area (Å²) >= 11 is 0. The molecular weight excluding hydrogens is 291 g/mol. The largest absolute Gasteiger partial charge is 0.416 e. The molecule has 118 valence electrons. The second-order valence-electron chi connectivity index (χ2n) is 5.69. The lowest BCUT2D eigenvalue weighted by atomic mass is 9.97. The number of alkyl halides is 3. The predicted molar refractivity (Wildman–Crippen MR) is 78.5 cm³/mol. The van der Waals surface area contributed by atoms with Crippen LogP contribution in [-0.4, -0.2) is 22.6 Å². The minimum Gasteiger partial charge on any atom is -0.337 e. The van der Waals surface area contributed by atoms with Crippen molar-refractivity contribution in [2.75, 3.05) is 13.1 Å². The summed E-state index contributed by atoms with van der Waals surface area (Å²) in [4.78, 5) is 4.65. The average molecular weight is 309 g/mol. The lowest BCUT2D eigenvalue weighted by Gasteiger charge is -2.21. The van der Waals surface area contributed by atoms with Crippen molar-refractivity contribution in [2.45, 2.75) is 24.9 Å². The summed E-state index contributed by atoms with van der Waals surface area (Å²) in [7, 11) is 1.94. The standard InChI is InChI=1S/C16H18F3N3/c1-22-10-14(21-15(22)12-6-8-20-9-7-12)11-2-4-13(5-3-11)16(17,18)19/h2-5,10,12,20H,6-9H2,1H3. The van der Waals surface area contributed by atoms with Crippen LogP contribution in [0.5, 0.6) is 0 Å². The summed E-state index contributed by atoms with van der Waals surface area (Å²) in [5, 5.41) is 3.32. The number of piperidine rings is 1. The zero-order chi connectivity index (χ0) is 15.7. The van der Waals surface area contributed by atoms with E-state index in [9.17, 15) is 13.2 Å². The van der Waals surface area contributed by atoms with E-state index < -0.39 is 11.7 Å². The summed E-state index contributed by atoms with van der Waals surface area (Å²) in [6, 6.07) is 5.18. The molecule has 0 amide bonds. The van der Waals surface area contributed by atoms with E-state index in [0.29, 0.717) is 11.5 Å². The van der Waals surface area contributed by atoms with E-state index >= 15 is 0 Å². The van der Waals surface area contributed by atoms with Gasteiger partial charge in [0.1, 0.15) is 5.82 Å². The molecule has 1 aromatic carbocycles. The normalized spacial score (nSPS) is 16.9. The van der Waals surface area contributed by atoms with E-state index in [1.807, 2.05) is 17.8 Å². The van der Waals surface area contributed by atoms with Gasteiger partial charge >= 0.3 is 6.18 Å². The lowest BCUT2D eigenvalue weighted by molar-refractivity contribution is -0.137. The fraction of sp³-hybridized carbons (Fsp3) is 0.438. The maximum absolute atomic E-state index is 12.6. The van der Waals surface area contributed by atoms with Crippen molar-refractivity contribution in [1.82, 2.24) is 14.9 Å². The Bertz CT molecular complexity index is 638. The molecule has 1 saturated heterocycles. The number of hydrogen-bond acceptors (Lipinski definition) is 2. The molecule has 0 unspecified atom stereocenters. The van der Waals surface area contributed by atoms with Crippen LogP contribution in [0.15, 0.2) is 30.5 Å². The maximum Gasteiger partial charge on any atom is 0.416 e. The van der Waals surface area contributed by atoms with Crippen molar-refractivity contribution < 1.29 is 13.2 Å². The van der Waals surface area contributed by atoms with E-state index in [1.54, 1.807) is 0 Å². The van der Waals surface area contributed by atoms with Gasteiger partial charge in [0.25, 0.3) is 0 Å². The molecule has 1 aliphatic heterocycles. The van der Waals surface area contributed by atoms with Gasteiger partial charge in [-0.05, 0) is 38.1 Å². The first-order chi connectivity index (χ1) is 10.4. The molecule has 2 heterocycles. The number of aryl methyl sites for hydroxylation is 1. The minimum atomic E-state index is -4.30. The van der Waals surface area contributed by atoms with Gasteiger partial charge in [-0.15, -0.1) is 0 Å². The van der Waals surface area contributed by atoms with E-state index in [1.165, 1.54) is 12.1 Å². The zero-order valence-corrected chi connectivity index (χ0v) is 12.3. The Balaban J connectivity index is 1.86. The van der Waals surface area contributed by atoms with Gasteiger partial charge in [-0.25, -0.2) is 4.98 Å². The molecule has 0 aliphatic carbocycles. The second-order valence-corrected chi connectivity index (χ2v) is 5.69. The van der Waals surface area contributed by atoms with Crippen molar-refractivity contribution >= 4 is 0 Å². The zero-order valence-electron chi connectivity index (χ0n) is 12.3. The number of benzene rings is 1. The van der Waals surface area contributed by atoms with Gasteiger partial charge in [0.05, 0.1) is 11.3 Å². The van der Waals surface area contributed by atoms with Crippen molar-refractivity contribution in [3.63, 3.8) is 0 Å². The quantitative estimate of drug-likeness (QED) is 0.919. The highest BCUT2D eigenvalue weighted by molar-refractivity contribution is 5.59. The molecule has 0 spiro atoms. The number of hydrogen-bond donors (Lipinski definition) is 1. The minimum absolute atomic E-state index is 0.412. The van der Waals surface area contributed by atoms with Crippen molar-refractivity contribution in [3.05, 3.63) is 41.9 Å². The van der Waals surface area contributed by atoms with Crippen molar-refractivity contribution in [2.24, 2.45) is 7.05 Å². The van der Waals surface area contributed by atoms with Crippen LogP contribution in [0.25, 0.3) is 11.3 Å². The van der Waals surface area contributed by atoms with Crippen LogP contribution in [0.1, 0.15) is 30.1 Å². The molecule has 2 aromatic rings. The first-order valence-corrected chi connectivity index (χ1v) is 7.37. The summed E-state index contributed by atoms with van der Waals surface area (Å²) in [6.07, 6.45) is -0.336. The number of halogens is 3. The molecule has 3 nitrogen and oxygen atoms in total. The van der Waals surface area contributed by atoms with E-state index in [2.05, 4.69) is 10.3 Å². The van der Waals surface area contributed by atoms with Crippen LogP contribution >= 0.6 is 0 Å². The third kappa shape index (κ3) is 3.02. The Morgan fingerprint density at radius 2 is 1.77 bits per heavy atom. The summed E-state index contributed by atoms with van der Waals surface area (Å²) in [5.74, 6) is 1.42. The summed E-state index contributed by atoms with van der Waals surface area (Å²) < 4.78 is 39.8. The number of aromatic nitrogens is 2. The van der Waals surface area contributed by atoms with Crippen molar-refractivity contribution in [3.8, 4) is 11.3 Å². The average Bonchev–Trinajstić information content (AvgIpc) is 2.89. The van der Waals surface area contributed by atoms with E-state index in [4.69, 9.17) is 0 Å². The molecule has 0 saturated carbocycles. The topological polar surface area (TPSA) is 29.9 Å². The number of rotatable bonds is 2. The van der Waals surface area contributed by atoms with Gasteiger partial charge in [-0.2, -0.15) is 13.2 Å². The molecule has 0 atom stereocenters. The molecule has 1 aromatic heterocycles. The highest BCUT2D eigenvalue weighted by Crippen LogP contribution is 2.32. The summed E-state index contributed by atoms with van der Waals surface area (Å²) in [5.41, 5.74) is 0.805. The molecule has 0 radical (unpaired) electrons. The molecular formula is C16H18F3N3. The van der Waals surface area contributed by atoms with E-state index in [-0.39, 0.29) is 0 Å². The Morgan fingerprint density at radius 1 is 1.14 bits per heavy atom. The highest BCUT2D eigenvalue weighted by atomic mass is 19.4. The number of imidazole rings is 1. The van der Waals surface area contributed by atoms with Crippen LogP contribution in [0, 0.1) is 0 Å². The fourth-order valence-corrected chi connectivity index (χ4v) is 2.91. The van der Waals surface area contributed by atoms with Crippen LogP contribution in [0.3, 0.4) is 0 Å². The third-order valence-electron chi connectivity index (χ3n) is 4.12.